The van der Waals surface area contributed by atoms with Crippen LogP contribution in [0.4, 0.5) is 5.69 Å². The number of hydrogen-bond acceptors (Lipinski definition) is 6. The van der Waals surface area contributed by atoms with Gasteiger partial charge in [-0.3, -0.25) is 24.8 Å². The SMILES string of the molecule is O=C(CC1CCCCC1)Nc1cncc(-c2cnc3[nH]nc(-c4cc5c(-c6cccnc6)nccc5[nH]4)c3c2)c1. The van der Waals surface area contributed by atoms with Crippen molar-refractivity contribution in [3.05, 3.63) is 73.6 Å². The van der Waals surface area contributed by atoms with Crippen LogP contribution in [-0.2, 0) is 4.79 Å². The summed E-state index contributed by atoms with van der Waals surface area (Å²) in [6.45, 7) is 0. The topological polar surface area (TPSA) is 125 Å². The maximum atomic E-state index is 12.7. The Hall–Kier alpha value is -4.92. The van der Waals surface area contributed by atoms with Gasteiger partial charge in [0.25, 0.3) is 0 Å². The van der Waals surface area contributed by atoms with Crippen molar-refractivity contribution in [1.82, 2.24) is 35.1 Å². The van der Waals surface area contributed by atoms with E-state index in [2.05, 4.69) is 52.6 Å². The molecular formula is C31H28N8O. The Morgan fingerprint density at radius 1 is 0.850 bits per heavy atom. The molecule has 1 fully saturated rings. The minimum Gasteiger partial charge on any atom is -0.353 e. The number of aromatic amines is 2. The summed E-state index contributed by atoms with van der Waals surface area (Å²) in [5, 5.41) is 12.6. The number of nitrogens with one attached hydrogen (secondary N) is 3. The number of nitrogens with zero attached hydrogens (tertiary/aromatic N) is 5. The van der Waals surface area contributed by atoms with Gasteiger partial charge in [0.05, 0.1) is 23.3 Å². The average molecular weight is 529 g/mol. The van der Waals surface area contributed by atoms with E-state index in [0.717, 1.165) is 62.9 Å². The second kappa shape index (κ2) is 10.3. The second-order valence-electron chi connectivity index (χ2n) is 10.5. The summed E-state index contributed by atoms with van der Waals surface area (Å²) in [5.41, 5.74) is 7.54. The minimum absolute atomic E-state index is 0.0514. The lowest BCUT2D eigenvalue weighted by Crippen LogP contribution is -2.18. The first-order chi connectivity index (χ1) is 19.7. The fourth-order valence-electron chi connectivity index (χ4n) is 5.71. The fraction of sp³-hybridized carbons (Fsp3) is 0.226. The third-order valence-corrected chi connectivity index (χ3v) is 7.71. The minimum atomic E-state index is 0.0514. The van der Waals surface area contributed by atoms with E-state index in [4.69, 9.17) is 0 Å². The number of aromatic nitrogens is 7. The molecule has 6 aromatic heterocycles. The Labute approximate surface area is 230 Å². The lowest BCUT2D eigenvalue weighted by molar-refractivity contribution is -0.117. The lowest BCUT2D eigenvalue weighted by Gasteiger charge is -2.20. The summed E-state index contributed by atoms with van der Waals surface area (Å²) >= 11 is 0. The quantitative estimate of drug-likeness (QED) is 0.226. The van der Waals surface area contributed by atoms with Crippen molar-refractivity contribution in [3.63, 3.8) is 0 Å². The smallest absolute Gasteiger partial charge is 0.224 e. The van der Waals surface area contributed by atoms with Crippen LogP contribution in [0.2, 0.25) is 0 Å². The van der Waals surface area contributed by atoms with E-state index < -0.39 is 0 Å². The molecular weight excluding hydrogens is 500 g/mol. The third kappa shape index (κ3) is 4.70. The number of hydrogen-bond donors (Lipinski definition) is 3. The zero-order chi connectivity index (χ0) is 26.9. The summed E-state index contributed by atoms with van der Waals surface area (Å²) < 4.78 is 0. The zero-order valence-electron chi connectivity index (χ0n) is 21.9. The Balaban J connectivity index is 1.19. The first-order valence-corrected chi connectivity index (χ1v) is 13.7. The molecule has 0 aliphatic heterocycles. The summed E-state index contributed by atoms with van der Waals surface area (Å²) in [6, 6.07) is 11.9. The van der Waals surface area contributed by atoms with Crippen molar-refractivity contribution < 1.29 is 4.79 Å². The maximum Gasteiger partial charge on any atom is 0.224 e. The average Bonchev–Trinajstić information content (AvgIpc) is 3.62. The Kier molecular flexibility index (Phi) is 6.24. The second-order valence-corrected chi connectivity index (χ2v) is 10.5. The monoisotopic (exact) mass is 528 g/mol. The molecule has 198 valence electrons. The van der Waals surface area contributed by atoms with E-state index in [1.165, 1.54) is 19.3 Å². The van der Waals surface area contributed by atoms with Crippen LogP contribution < -0.4 is 5.32 Å². The molecule has 7 rings (SSSR count). The highest BCUT2D eigenvalue weighted by Crippen LogP contribution is 2.34. The first kappa shape index (κ1) is 24.1. The van der Waals surface area contributed by atoms with E-state index in [1.54, 1.807) is 31.0 Å². The lowest BCUT2D eigenvalue weighted by atomic mass is 9.87. The standard InChI is InChI=1S/C31H28N8O/c40-28(11-19-5-2-1-3-6-19)36-23-12-21(16-33-18-23)22-13-25-30(38-39-31(25)35-17-22)27-14-24-26(37-27)8-10-34-29(24)20-7-4-9-32-15-20/h4,7-10,12-19,37H,1-3,5-6,11H2,(H,36,40)(H,35,38,39). The summed E-state index contributed by atoms with van der Waals surface area (Å²) in [6.07, 6.45) is 17.2. The van der Waals surface area contributed by atoms with E-state index in [9.17, 15) is 4.79 Å². The highest BCUT2D eigenvalue weighted by atomic mass is 16.1. The normalized spacial score (nSPS) is 14.1. The molecule has 3 N–H and O–H groups in total. The van der Waals surface area contributed by atoms with Gasteiger partial charge in [-0.25, -0.2) is 4.98 Å². The molecule has 40 heavy (non-hydrogen) atoms. The molecule has 1 saturated carbocycles. The Morgan fingerprint density at radius 3 is 2.60 bits per heavy atom. The van der Waals surface area contributed by atoms with Crippen LogP contribution in [0.25, 0.3) is 55.7 Å². The van der Waals surface area contributed by atoms with Crippen LogP contribution in [0, 0.1) is 5.92 Å². The van der Waals surface area contributed by atoms with Gasteiger partial charge in [-0.1, -0.05) is 19.3 Å². The van der Waals surface area contributed by atoms with Crippen LogP contribution in [0.3, 0.4) is 0 Å². The molecule has 0 radical (unpaired) electrons. The summed E-state index contributed by atoms with van der Waals surface area (Å²) in [5.74, 6) is 0.535. The van der Waals surface area contributed by atoms with Crippen LogP contribution in [0.5, 0.6) is 0 Å². The number of pyridine rings is 4. The molecule has 1 aliphatic rings. The van der Waals surface area contributed by atoms with E-state index >= 15 is 0 Å². The van der Waals surface area contributed by atoms with E-state index in [-0.39, 0.29) is 5.91 Å². The third-order valence-electron chi connectivity index (χ3n) is 7.71. The largest absolute Gasteiger partial charge is 0.353 e. The number of fused-ring (bicyclic) bond motifs is 2. The van der Waals surface area contributed by atoms with Crippen molar-refractivity contribution in [1.29, 1.82) is 0 Å². The molecule has 6 heterocycles. The first-order valence-electron chi connectivity index (χ1n) is 13.7. The van der Waals surface area contributed by atoms with E-state index in [0.29, 0.717) is 23.7 Å². The predicted octanol–water partition coefficient (Wildman–Crippen LogP) is 6.53. The van der Waals surface area contributed by atoms with Crippen molar-refractivity contribution in [3.8, 4) is 33.8 Å². The van der Waals surface area contributed by atoms with Gasteiger partial charge < -0.3 is 10.3 Å². The highest BCUT2D eigenvalue weighted by molar-refractivity contribution is 6.00. The zero-order valence-corrected chi connectivity index (χ0v) is 21.9. The van der Waals surface area contributed by atoms with Crippen molar-refractivity contribution in [2.24, 2.45) is 5.92 Å². The fourth-order valence-corrected chi connectivity index (χ4v) is 5.71. The maximum absolute atomic E-state index is 12.7. The molecule has 1 amide bonds. The van der Waals surface area contributed by atoms with Gasteiger partial charge in [-0.15, -0.1) is 0 Å². The summed E-state index contributed by atoms with van der Waals surface area (Å²) in [4.78, 5) is 34.1. The van der Waals surface area contributed by atoms with Gasteiger partial charge in [0.2, 0.25) is 5.91 Å². The van der Waals surface area contributed by atoms with Crippen molar-refractivity contribution in [2.45, 2.75) is 38.5 Å². The molecule has 1 aliphatic carbocycles. The van der Waals surface area contributed by atoms with Crippen LogP contribution >= 0.6 is 0 Å². The van der Waals surface area contributed by atoms with E-state index in [1.807, 2.05) is 30.5 Å². The number of carbonyl (C=O) groups excluding carboxylic acids is 1. The van der Waals surface area contributed by atoms with Gasteiger partial charge in [0.1, 0.15) is 5.69 Å². The van der Waals surface area contributed by atoms with Crippen LogP contribution in [0.15, 0.2) is 73.6 Å². The van der Waals surface area contributed by atoms with Gasteiger partial charge in [0.15, 0.2) is 5.65 Å². The van der Waals surface area contributed by atoms with Crippen LogP contribution in [0.1, 0.15) is 38.5 Å². The number of carbonyl (C=O) groups is 1. The molecule has 0 unspecified atom stereocenters. The van der Waals surface area contributed by atoms with Crippen molar-refractivity contribution >= 4 is 33.5 Å². The number of rotatable bonds is 6. The highest BCUT2D eigenvalue weighted by Gasteiger charge is 2.18. The molecule has 0 aromatic carbocycles. The predicted molar refractivity (Wildman–Crippen MR) is 155 cm³/mol. The molecule has 0 atom stereocenters. The Morgan fingerprint density at radius 2 is 1.73 bits per heavy atom. The summed E-state index contributed by atoms with van der Waals surface area (Å²) in [7, 11) is 0. The molecule has 9 nitrogen and oxygen atoms in total. The molecule has 9 heteroatoms. The van der Waals surface area contributed by atoms with Crippen molar-refractivity contribution in [2.75, 3.05) is 5.32 Å². The molecule has 6 aromatic rings. The molecule has 0 saturated heterocycles. The Bertz CT molecular complexity index is 1820. The van der Waals surface area contributed by atoms with Gasteiger partial charge >= 0.3 is 0 Å². The van der Waals surface area contributed by atoms with Gasteiger partial charge in [-0.05, 0) is 55.2 Å². The van der Waals surface area contributed by atoms with Crippen LogP contribution in [-0.4, -0.2) is 41.0 Å². The van der Waals surface area contributed by atoms with Gasteiger partial charge in [0, 0.05) is 70.4 Å². The molecule has 0 spiro atoms. The van der Waals surface area contributed by atoms with Gasteiger partial charge in [-0.2, -0.15) is 5.10 Å². The number of anilines is 1. The number of amides is 1. The molecule has 0 bridgehead atoms. The number of H-pyrrole nitrogens is 2.